The van der Waals surface area contributed by atoms with E-state index < -0.39 is 0 Å². The maximum Gasteiger partial charge on any atom is 0.277 e. The normalized spacial score (nSPS) is 11.7. The minimum absolute atomic E-state index is 0.0127. The number of benzene rings is 1. The molecule has 0 saturated carbocycles. The number of thiophene rings is 1. The molecular formula is C21H27ClN3O2S+. The number of nitrogens with one attached hydrogen (secondary N) is 2. The first kappa shape index (κ1) is 22.1. The molecule has 28 heavy (non-hydrogen) atoms. The van der Waals surface area contributed by atoms with E-state index in [0.29, 0.717) is 13.1 Å². The standard InChI is InChI=1S/C21H26ClN3O2S/c1-5-11-25(12-17-9-10-18(22)28-17)14-20(27)24(4)13-19(26)23-21-15(2)7-6-8-16(21)3/h5-10H,1,11-14H2,2-4H3,(H,23,26)/p+1. The maximum absolute atomic E-state index is 12.6. The van der Waals surface area contributed by atoms with Crippen molar-refractivity contribution in [1.29, 1.82) is 0 Å². The van der Waals surface area contributed by atoms with Gasteiger partial charge in [0.1, 0.15) is 6.54 Å². The Morgan fingerprint density at radius 3 is 2.50 bits per heavy atom. The van der Waals surface area contributed by atoms with Crippen molar-refractivity contribution in [2.24, 2.45) is 0 Å². The van der Waals surface area contributed by atoms with Gasteiger partial charge in [-0.1, -0.05) is 36.4 Å². The zero-order valence-electron chi connectivity index (χ0n) is 16.5. The first-order chi connectivity index (χ1) is 13.3. The zero-order chi connectivity index (χ0) is 20.7. The van der Waals surface area contributed by atoms with Crippen LogP contribution in [0.5, 0.6) is 0 Å². The number of aryl methyl sites for hydroxylation is 2. The van der Waals surface area contributed by atoms with E-state index in [2.05, 4.69) is 11.9 Å². The molecule has 0 aliphatic rings. The first-order valence-electron chi connectivity index (χ1n) is 9.09. The van der Waals surface area contributed by atoms with Crippen LogP contribution in [0.1, 0.15) is 16.0 Å². The monoisotopic (exact) mass is 420 g/mol. The van der Waals surface area contributed by atoms with E-state index in [4.69, 9.17) is 11.6 Å². The fraction of sp³-hybridized carbons (Fsp3) is 0.333. The fourth-order valence-electron chi connectivity index (χ4n) is 2.95. The van der Waals surface area contributed by atoms with Crippen LogP contribution in [0.4, 0.5) is 5.69 Å². The second kappa shape index (κ2) is 10.4. The van der Waals surface area contributed by atoms with Gasteiger partial charge in [0, 0.05) is 12.7 Å². The Morgan fingerprint density at radius 2 is 1.93 bits per heavy atom. The highest BCUT2D eigenvalue weighted by atomic mass is 35.5. The molecule has 1 aromatic carbocycles. The minimum atomic E-state index is -0.205. The van der Waals surface area contributed by atoms with Crippen LogP contribution in [0.3, 0.4) is 0 Å². The summed E-state index contributed by atoms with van der Waals surface area (Å²) in [5, 5.41) is 2.92. The van der Waals surface area contributed by atoms with Crippen LogP contribution in [-0.2, 0) is 16.1 Å². The molecule has 0 spiro atoms. The number of hydrogen-bond donors (Lipinski definition) is 2. The lowest BCUT2D eigenvalue weighted by Gasteiger charge is -2.22. The van der Waals surface area contributed by atoms with Crippen LogP contribution in [0, 0.1) is 13.8 Å². The van der Waals surface area contributed by atoms with Gasteiger partial charge in [-0.2, -0.15) is 0 Å². The Morgan fingerprint density at radius 1 is 1.25 bits per heavy atom. The molecule has 7 heteroatoms. The number of anilines is 1. The van der Waals surface area contributed by atoms with Crippen molar-refractivity contribution in [3.63, 3.8) is 0 Å². The van der Waals surface area contributed by atoms with E-state index in [9.17, 15) is 9.59 Å². The van der Waals surface area contributed by atoms with E-state index in [1.807, 2.05) is 44.2 Å². The summed E-state index contributed by atoms with van der Waals surface area (Å²) in [7, 11) is 1.65. The predicted octanol–water partition coefficient (Wildman–Crippen LogP) is 2.69. The Labute approximate surface area is 175 Å². The quantitative estimate of drug-likeness (QED) is 0.613. The first-order valence-corrected chi connectivity index (χ1v) is 10.3. The second-order valence-electron chi connectivity index (χ2n) is 6.87. The summed E-state index contributed by atoms with van der Waals surface area (Å²) in [5.74, 6) is -0.292. The summed E-state index contributed by atoms with van der Waals surface area (Å²) in [4.78, 5) is 28.6. The Bertz CT molecular complexity index is 830. The van der Waals surface area contributed by atoms with Gasteiger partial charge in [-0.05, 0) is 43.2 Å². The summed E-state index contributed by atoms with van der Waals surface area (Å²) >= 11 is 7.51. The van der Waals surface area contributed by atoms with Crippen LogP contribution < -0.4 is 10.2 Å². The predicted molar refractivity (Wildman–Crippen MR) is 116 cm³/mol. The van der Waals surface area contributed by atoms with E-state index >= 15 is 0 Å². The molecule has 1 atom stereocenters. The summed E-state index contributed by atoms with van der Waals surface area (Å²) in [6.07, 6.45) is 1.80. The molecule has 150 valence electrons. The number of nitrogens with zero attached hydrogens (tertiary/aromatic N) is 1. The number of amides is 2. The Kier molecular flexibility index (Phi) is 8.23. The molecule has 2 N–H and O–H groups in total. The fourth-order valence-corrected chi connectivity index (χ4v) is 4.11. The lowest BCUT2D eigenvalue weighted by atomic mass is 10.1. The molecule has 2 aromatic rings. The molecule has 0 bridgehead atoms. The van der Waals surface area contributed by atoms with Gasteiger partial charge in [0.25, 0.3) is 5.91 Å². The van der Waals surface area contributed by atoms with E-state index in [1.54, 1.807) is 13.1 Å². The van der Waals surface area contributed by atoms with Gasteiger partial charge in [-0.25, -0.2) is 0 Å². The number of rotatable bonds is 9. The molecule has 0 aliphatic carbocycles. The van der Waals surface area contributed by atoms with Crippen molar-refractivity contribution >= 4 is 40.4 Å². The minimum Gasteiger partial charge on any atom is -0.332 e. The van der Waals surface area contributed by atoms with Gasteiger partial charge in [0.2, 0.25) is 5.91 Å². The number of likely N-dealkylation sites (N-methyl/N-ethyl adjacent to an activating group) is 1. The molecule has 2 rings (SSSR count). The number of carbonyl (C=O) groups excluding carboxylic acids is 2. The van der Waals surface area contributed by atoms with Crippen molar-refractivity contribution in [2.75, 3.05) is 32.0 Å². The van der Waals surface area contributed by atoms with Crippen molar-refractivity contribution in [3.05, 3.63) is 63.3 Å². The molecular weight excluding hydrogens is 394 g/mol. The van der Waals surface area contributed by atoms with Gasteiger partial charge in [0.05, 0.1) is 22.3 Å². The number of carbonyl (C=O) groups is 2. The van der Waals surface area contributed by atoms with Gasteiger partial charge in [-0.3, -0.25) is 9.59 Å². The van der Waals surface area contributed by atoms with Crippen LogP contribution in [-0.4, -0.2) is 43.4 Å². The average Bonchev–Trinajstić information content (AvgIpc) is 3.03. The number of halogens is 1. The number of quaternary nitrogens is 1. The molecule has 0 aliphatic heterocycles. The highest BCUT2D eigenvalue weighted by Gasteiger charge is 2.20. The maximum atomic E-state index is 12.6. The highest BCUT2D eigenvalue weighted by molar-refractivity contribution is 7.16. The second-order valence-corrected chi connectivity index (χ2v) is 8.67. The van der Waals surface area contributed by atoms with Gasteiger partial charge in [-0.15, -0.1) is 11.3 Å². The smallest absolute Gasteiger partial charge is 0.277 e. The van der Waals surface area contributed by atoms with E-state index in [1.165, 1.54) is 16.2 Å². The van der Waals surface area contributed by atoms with Gasteiger partial charge in [0.15, 0.2) is 6.54 Å². The lowest BCUT2D eigenvalue weighted by Crippen LogP contribution is -3.11. The van der Waals surface area contributed by atoms with Gasteiger partial charge < -0.3 is 15.1 Å². The molecule has 1 aromatic heterocycles. The van der Waals surface area contributed by atoms with E-state index in [0.717, 1.165) is 30.9 Å². The van der Waals surface area contributed by atoms with Crippen LogP contribution in [0.2, 0.25) is 4.34 Å². The molecule has 2 amide bonds. The molecule has 5 nitrogen and oxygen atoms in total. The van der Waals surface area contributed by atoms with E-state index in [-0.39, 0.29) is 24.9 Å². The van der Waals surface area contributed by atoms with Crippen molar-refractivity contribution < 1.29 is 14.5 Å². The number of hydrogen-bond acceptors (Lipinski definition) is 3. The highest BCUT2D eigenvalue weighted by Crippen LogP contribution is 2.20. The Hall–Kier alpha value is -2.15. The summed E-state index contributed by atoms with van der Waals surface area (Å²) < 4.78 is 0.736. The number of para-hydroxylation sites is 1. The molecule has 0 saturated heterocycles. The topological polar surface area (TPSA) is 53.9 Å². The lowest BCUT2D eigenvalue weighted by molar-refractivity contribution is -0.900. The SMILES string of the molecule is C=CC[NH+](CC(=O)N(C)CC(=O)Nc1c(C)cccc1C)Cc1ccc(Cl)s1. The van der Waals surface area contributed by atoms with Crippen molar-refractivity contribution in [2.45, 2.75) is 20.4 Å². The third kappa shape index (κ3) is 6.48. The van der Waals surface area contributed by atoms with Gasteiger partial charge >= 0.3 is 0 Å². The zero-order valence-corrected chi connectivity index (χ0v) is 18.1. The van der Waals surface area contributed by atoms with Crippen molar-refractivity contribution in [1.82, 2.24) is 4.90 Å². The summed E-state index contributed by atoms with van der Waals surface area (Å²) in [5.41, 5.74) is 2.80. The van der Waals surface area contributed by atoms with Crippen molar-refractivity contribution in [3.8, 4) is 0 Å². The third-order valence-electron chi connectivity index (χ3n) is 4.44. The summed E-state index contributed by atoms with van der Waals surface area (Å²) in [6.45, 7) is 9.32. The molecule has 1 unspecified atom stereocenters. The molecule has 0 fully saturated rings. The summed E-state index contributed by atoms with van der Waals surface area (Å²) in [6, 6.07) is 9.69. The Balaban J connectivity index is 1.92. The molecule has 0 radical (unpaired) electrons. The van der Waals surface area contributed by atoms with Crippen LogP contribution in [0.25, 0.3) is 0 Å². The van der Waals surface area contributed by atoms with Crippen LogP contribution in [0.15, 0.2) is 43.0 Å². The largest absolute Gasteiger partial charge is 0.332 e. The molecule has 1 heterocycles. The average molecular weight is 421 g/mol. The van der Waals surface area contributed by atoms with Crippen LogP contribution >= 0.6 is 22.9 Å². The third-order valence-corrected chi connectivity index (χ3v) is 5.67.